The molecule has 1 amide bonds. The van der Waals surface area contributed by atoms with Gasteiger partial charge in [-0.3, -0.25) is 14.6 Å². The van der Waals surface area contributed by atoms with E-state index in [1.54, 1.807) is 48.8 Å². The van der Waals surface area contributed by atoms with Gasteiger partial charge in [0.1, 0.15) is 17.6 Å². The molecule has 41 heavy (non-hydrogen) atoms. The summed E-state index contributed by atoms with van der Waals surface area (Å²) < 4.78 is 17.8. The molecule has 0 aliphatic carbocycles. The summed E-state index contributed by atoms with van der Waals surface area (Å²) in [6, 6.07) is 13.6. The number of ketones is 1. The lowest BCUT2D eigenvalue weighted by molar-refractivity contribution is -0.140. The van der Waals surface area contributed by atoms with Gasteiger partial charge in [-0.05, 0) is 85.3 Å². The topological polar surface area (TPSA) is 98.2 Å². The van der Waals surface area contributed by atoms with E-state index in [2.05, 4.69) is 18.8 Å². The first-order valence-corrected chi connectivity index (χ1v) is 14.1. The maximum Gasteiger partial charge on any atom is 0.295 e. The van der Waals surface area contributed by atoms with Gasteiger partial charge in [-0.15, -0.1) is 0 Å². The third-order valence-electron chi connectivity index (χ3n) is 7.35. The van der Waals surface area contributed by atoms with Crippen LogP contribution in [0.25, 0.3) is 5.76 Å². The number of fused-ring (bicyclic) bond motifs is 1. The second kappa shape index (κ2) is 12.0. The summed E-state index contributed by atoms with van der Waals surface area (Å²) in [4.78, 5) is 32.6. The Morgan fingerprint density at radius 1 is 1.07 bits per heavy atom. The van der Waals surface area contributed by atoms with E-state index >= 15 is 0 Å². The zero-order chi connectivity index (χ0) is 29.1. The predicted octanol–water partition coefficient (Wildman–Crippen LogP) is 5.85. The van der Waals surface area contributed by atoms with Crippen molar-refractivity contribution in [2.24, 2.45) is 5.92 Å². The standard InChI is InChI=1S/C33H36N2O6/c1-5-39-28-18-23(6-9-27(28)40-15-12-20(2)3)30-29(31(36)24-7-8-26-25(17-24)16-21(4)41-26)32(37)33(38)35(30)19-22-10-13-34-14-11-22/h6-11,13-14,17-18,20-21,30,36H,5,12,15-16,19H2,1-4H3/t21-,30-/m0/s1. The van der Waals surface area contributed by atoms with Crippen LogP contribution in [-0.2, 0) is 22.6 Å². The third kappa shape index (κ3) is 5.92. The molecule has 0 saturated carbocycles. The number of ether oxygens (including phenoxy) is 3. The Morgan fingerprint density at radius 2 is 1.85 bits per heavy atom. The van der Waals surface area contributed by atoms with Gasteiger partial charge < -0.3 is 24.2 Å². The van der Waals surface area contributed by atoms with Gasteiger partial charge in [0.2, 0.25) is 0 Å². The molecule has 8 nitrogen and oxygen atoms in total. The van der Waals surface area contributed by atoms with Crippen molar-refractivity contribution >= 4 is 17.4 Å². The van der Waals surface area contributed by atoms with Gasteiger partial charge in [0.25, 0.3) is 11.7 Å². The molecule has 1 saturated heterocycles. The number of amides is 1. The van der Waals surface area contributed by atoms with Gasteiger partial charge in [-0.2, -0.15) is 0 Å². The monoisotopic (exact) mass is 556 g/mol. The molecule has 0 spiro atoms. The molecule has 0 bridgehead atoms. The van der Waals surface area contributed by atoms with Crippen LogP contribution in [0.5, 0.6) is 17.2 Å². The molecule has 2 atom stereocenters. The highest BCUT2D eigenvalue weighted by Crippen LogP contribution is 2.43. The Bertz CT molecular complexity index is 1470. The molecule has 2 aliphatic rings. The first kappa shape index (κ1) is 28.2. The zero-order valence-electron chi connectivity index (χ0n) is 23.9. The summed E-state index contributed by atoms with van der Waals surface area (Å²) in [6.45, 7) is 9.26. The maximum atomic E-state index is 13.6. The van der Waals surface area contributed by atoms with Crippen molar-refractivity contribution in [2.75, 3.05) is 13.2 Å². The molecular weight excluding hydrogens is 520 g/mol. The van der Waals surface area contributed by atoms with E-state index in [0.717, 1.165) is 23.3 Å². The number of benzene rings is 2. The van der Waals surface area contributed by atoms with Crippen molar-refractivity contribution in [1.29, 1.82) is 0 Å². The van der Waals surface area contributed by atoms with E-state index in [4.69, 9.17) is 14.2 Å². The number of Topliss-reactive ketones (excluding diaryl/α,β-unsaturated/α-hetero) is 1. The summed E-state index contributed by atoms with van der Waals surface area (Å²) in [7, 11) is 0. The fourth-order valence-electron chi connectivity index (χ4n) is 5.29. The van der Waals surface area contributed by atoms with Gasteiger partial charge in [-0.1, -0.05) is 19.9 Å². The number of likely N-dealkylation sites (tertiary alicyclic amines) is 1. The maximum absolute atomic E-state index is 13.6. The summed E-state index contributed by atoms with van der Waals surface area (Å²) in [5.41, 5.74) is 2.90. The highest BCUT2D eigenvalue weighted by atomic mass is 16.5. The average Bonchev–Trinajstić information content (AvgIpc) is 3.45. The third-order valence-corrected chi connectivity index (χ3v) is 7.35. The minimum Gasteiger partial charge on any atom is -0.507 e. The van der Waals surface area contributed by atoms with Crippen molar-refractivity contribution in [2.45, 2.75) is 59.2 Å². The quantitative estimate of drug-likeness (QED) is 0.190. The number of nitrogens with zero attached hydrogens (tertiary/aromatic N) is 2. The van der Waals surface area contributed by atoms with E-state index in [1.165, 1.54) is 4.90 Å². The normalized spacial score (nSPS) is 19.4. The van der Waals surface area contributed by atoms with Crippen molar-refractivity contribution in [1.82, 2.24) is 9.88 Å². The number of aliphatic hydroxyl groups is 1. The molecule has 3 heterocycles. The molecule has 1 N–H and O–H groups in total. The van der Waals surface area contributed by atoms with Crippen LogP contribution in [0.15, 0.2) is 66.5 Å². The fourth-order valence-corrected chi connectivity index (χ4v) is 5.29. The van der Waals surface area contributed by atoms with Crippen molar-refractivity contribution < 1.29 is 28.9 Å². The number of pyridine rings is 1. The molecule has 2 aromatic carbocycles. The highest BCUT2D eigenvalue weighted by molar-refractivity contribution is 6.46. The van der Waals surface area contributed by atoms with Gasteiger partial charge in [-0.25, -0.2) is 0 Å². The molecule has 2 aliphatic heterocycles. The van der Waals surface area contributed by atoms with Crippen molar-refractivity contribution in [3.63, 3.8) is 0 Å². The number of aromatic nitrogens is 1. The zero-order valence-corrected chi connectivity index (χ0v) is 23.9. The van der Waals surface area contributed by atoms with Gasteiger partial charge >= 0.3 is 0 Å². The number of hydrogen-bond acceptors (Lipinski definition) is 7. The lowest BCUT2D eigenvalue weighted by Crippen LogP contribution is -2.29. The number of carbonyl (C=O) groups excluding carboxylic acids is 2. The highest BCUT2D eigenvalue weighted by Gasteiger charge is 2.46. The number of rotatable bonds is 10. The Hall–Kier alpha value is -4.33. The molecule has 1 aromatic heterocycles. The first-order valence-electron chi connectivity index (χ1n) is 14.1. The van der Waals surface area contributed by atoms with Crippen molar-refractivity contribution in [3.8, 4) is 17.2 Å². The molecule has 214 valence electrons. The second-order valence-corrected chi connectivity index (χ2v) is 10.9. The summed E-state index contributed by atoms with van der Waals surface area (Å²) in [5.74, 6) is 0.735. The Balaban J connectivity index is 1.60. The molecule has 1 fully saturated rings. The van der Waals surface area contributed by atoms with E-state index < -0.39 is 17.7 Å². The van der Waals surface area contributed by atoms with Crippen LogP contribution < -0.4 is 14.2 Å². The number of hydrogen-bond donors (Lipinski definition) is 1. The van der Waals surface area contributed by atoms with E-state index in [-0.39, 0.29) is 24.0 Å². The Labute approximate surface area is 240 Å². The predicted molar refractivity (Wildman–Crippen MR) is 155 cm³/mol. The van der Waals surface area contributed by atoms with Crippen LogP contribution in [0.1, 0.15) is 62.4 Å². The van der Waals surface area contributed by atoms with Crippen LogP contribution in [0, 0.1) is 5.92 Å². The van der Waals surface area contributed by atoms with E-state index in [9.17, 15) is 14.7 Å². The summed E-state index contributed by atoms with van der Waals surface area (Å²) >= 11 is 0. The molecule has 0 unspecified atom stereocenters. The lowest BCUT2D eigenvalue weighted by atomic mass is 9.94. The lowest BCUT2D eigenvalue weighted by Gasteiger charge is -2.26. The molecular formula is C33H36N2O6. The van der Waals surface area contributed by atoms with Crippen LogP contribution in [0.3, 0.4) is 0 Å². The molecule has 3 aromatic rings. The Morgan fingerprint density at radius 3 is 2.59 bits per heavy atom. The largest absolute Gasteiger partial charge is 0.507 e. The number of aliphatic hydroxyl groups excluding tert-OH is 1. The smallest absolute Gasteiger partial charge is 0.295 e. The van der Waals surface area contributed by atoms with Crippen molar-refractivity contribution in [3.05, 3.63) is 88.8 Å². The van der Waals surface area contributed by atoms with Gasteiger partial charge in [0.15, 0.2) is 11.5 Å². The van der Waals surface area contributed by atoms with Crippen LogP contribution in [-0.4, -0.2) is 46.0 Å². The van der Waals surface area contributed by atoms with E-state index in [1.807, 2.05) is 26.0 Å². The molecule has 0 radical (unpaired) electrons. The number of carbonyl (C=O) groups is 2. The minimum atomic E-state index is -0.837. The summed E-state index contributed by atoms with van der Waals surface area (Å²) in [6.07, 6.45) is 4.92. The van der Waals surface area contributed by atoms with Crippen LogP contribution in [0.2, 0.25) is 0 Å². The minimum absolute atomic E-state index is 0.0339. The van der Waals surface area contributed by atoms with Crippen LogP contribution >= 0.6 is 0 Å². The van der Waals surface area contributed by atoms with Gasteiger partial charge in [0.05, 0.1) is 24.8 Å². The van der Waals surface area contributed by atoms with E-state index in [0.29, 0.717) is 48.2 Å². The SMILES string of the molecule is CCOc1cc([C@H]2C(=C(O)c3ccc4c(c3)C[C@H](C)O4)C(=O)C(=O)N2Cc2ccncc2)ccc1OCCC(C)C. The average molecular weight is 557 g/mol. The van der Waals surface area contributed by atoms with Crippen LogP contribution in [0.4, 0.5) is 0 Å². The first-order chi connectivity index (χ1) is 19.8. The second-order valence-electron chi connectivity index (χ2n) is 10.9. The molecule has 5 rings (SSSR count). The Kier molecular flexibility index (Phi) is 8.28. The fraction of sp³-hybridized carbons (Fsp3) is 0.364. The van der Waals surface area contributed by atoms with Gasteiger partial charge in [0, 0.05) is 30.9 Å². The molecule has 8 heteroatoms. The summed E-state index contributed by atoms with van der Waals surface area (Å²) in [5, 5.41) is 11.6.